The predicted octanol–water partition coefficient (Wildman–Crippen LogP) is 2.24. The van der Waals surface area contributed by atoms with E-state index in [0.29, 0.717) is 11.5 Å². The first-order valence-electron chi connectivity index (χ1n) is 6.79. The molecule has 0 bridgehead atoms. The highest BCUT2D eigenvalue weighted by atomic mass is 16.5. The summed E-state index contributed by atoms with van der Waals surface area (Å²) in [4.78, 5) is 11.9. The lowest BCUT2D eigenvalue weighted by atomic mass is 9.97. The Morgan fingerprint density at radius 1 is 1.32 bits per heavy atom. The van der Waals surface area contributed by atoms with E-state index in [1.807, 2.05) is 0 Å². The minimum absolute atomic E-state index is 0.0188. The molecule has 0 radical (unpaired) electrons. The molecule has 1 fully saturated rings. The van der Waals surface area contributed by atoms with E-state index in [2.05, 4.69) is 5.32 Å². The fourth-order valence-corrected chi connectivity index (χ4v) is 2.27. The molecule has 19 heavy (non-hydrogen) atoms. The fraction of sp³-hybridized carbons (Fsp3) is 0.533. The second-order valence-electron chi connectivity index (χ2n) is 4.83. The first-order valence-corrected chi connectivity index (χ1v) is 6.79. The molecule has 0 atom stereocenters. The van der Waals surface area contributed by atoms with Crippen LogP contribution in [-0.2, 0) is 4.74 Å². The third-order valence-electron chi connectivity index (χ3n) is 3.53. The zero-order valence-corrected chi connectivity index (χ0v) is 11.4. The van der Waals surface area contributed by atoms with Crippen molar-refractivity contribution in [2.24, 2.45) is 5.92 Å². The van der Waals surface area contributed by atoms with Crippen LogP contribution in [0.25, 0.3) is 0 Å². The summed E-state index contributed by atoms with van der Waals surface area (Å²) in [5.74, 6) is 1.43. The number of carbonyl (C=O) groups is 1. The number of rotatable bonds is 5. The minimum Gasteiger partial charge on any atom is -0.497 e. The van der Waals surface area contributed by atoms with Crippen LogP contribution in [0.15, 0.2) is 24.3 Å². The van der Waals surface area contributed by atoms with Crippen molar-refractivity contribution >= 4 is 5.91 Å². The maximum absolute atomic E-state index is 11.9. The summed E-state index contributed by atoms with van der Waals surface area (Å²) in [5.41, 5.74) is 0.674. The maximum atomic E-state index is 11.9. The van der Waals surface area contributed by atoms with Gasteiger partial charge in [0.25, 0.3) is 5.91 Å². The van der Waals surface area contributed by atoms with Crippen LogP contribution in [0.2, 0.25) is 0 Å². The van der Waals surface area contributed by atoms with Gasteiger partial charge >= 0.3 is 0 Å². The van der Waals surface area contributed by atoms with Gasteiger partial charge in [0.1, 0.15) is 5.75 Å². The minimum atomic E-state index is -0.0188. The third-order valence-corrected chi connectivity index (χ3v) is 3.53. The van der Waals surface area contributed by atoms with Crippen LogP contribution in [0.4, 0.5) is 0 Å². The molecule has 1 aliphatic heterocycles. The van der Waals surface area contributed by atoms with Crippen molar-refractivity contribution in [2.75, 3.05) is 26.9 Å². The molecule has 1 saturated heterocycles. The van der Waals surface area contributed by atoms with E-state index >= 15 is 0 Å². The average molecular weight is 263 g/mol. The van der Waals surface area contributed by atoms with Gasteiger partial charge in [0.2, 0.25) is 0 Å². The summed E-state index contributed by atoms with van der Waals surface area (Å²) in [7, 11) is 1.61. The standard InChI is InChI=1S/C15H21NO3/c1-18-14-4-2-13(3-5-14)15(17)16-9-6-12-7-10-19-11-8-12/h2-5,12H,6-11H2,1H3,(H,16,17). The van der Waals surface area contributed by atoms with E-state index in [9.17, 15) is 4.79 Å². The second kappa shape index (κ2) is 7.14. The molecule has 0 aromatic heterocycles. The number of hydrogen-bond donors (Lipinski definition) is 1. The Morgan fingerprint density at radius 2 is 2.00 bits per heavy atom. The van der Waals surface area contributed by atoms with Gasteiger partial charge in [-0.2, -0.15) is 0 Å². The van der Waals surface area contributed by atoms with E-state index in [1.54, 1.807) is 31.4 Å². The molecule has 4 heteroatoms. The Balaban J connectivity index is 1.73. The van der Waals surface area contributed by atoms with E-state index < -0.39 is 0 Å². The third kappa shape index (κ3) is 4.24. The van der Waals surface area contributed by atoms with Gasteiger partial charge in [0.05, 0.1) is 7.11 Å². The van der Waals surface area contributed by atoms with E-state index in [-0.39, 0.29) is 5.91 Å². The molecule has 0 spiro atoms. The van der Waals surface area contributed by atoms with Crippen molar-refractivity contribution in [2.45, 2.75) is 19.3 Å². The van der Waals surface area contributed by atoms with Crippen molar-refractivity contribution in [3.05, 3.63) is 29.8 Å². The van der Waals surface area contributed by atoms with Crippen LogP contribution >= 0.6 is 0 Å². The Morgan fingerprint density at radius 3 is 2.63 bits per heavy atom. The second-order valence-corrected chi connectivity index (χ2v) is 4.83. The first-order chi connectivity index (χ1) is 9.29. The topological polar surface area (TPSA) is 47.6 Å². The highest BCUT2D eigenvalue weighted by molar-refractivity contribution is 5.94. The van der Waals surface area contributed by atoms with Gasteiger partial charge in [-0.15, -0.1) is 0 Å². The SMILES string of the molecule is COc1ccc(C(=O)NCCC2CCOCC2)cc1. The lowest BCUT2D eigenvalue weighted by Gasteiger charge is -2.21. The van der Waals surface area contributed by atoms with Gasteiger partial charge in [-0.3, -0.25) is 4.79 Å². The Bertz CT molecular complexity index is 396. The summed E-state index contributed by atoms with van der Waals surface area (Å²) in [5, 5.41) is 2.96. The molecule has 0 aliphatic carbocycles. The molecule has 2 rings (SSSR count). The maximum Gasteiger partial charge on any atom is 0.251 e. The number of methoxy groups -OCH3 is 1. The van der Waals surface area contributed by atoms with E-state index in [4.69, 9.17) is 9.47 Å². The largest absolute Gasteiger partial charge is 0.497 e. The monoisotopic (exact) mass is 263 g/mol. The van der Waals surface area contributed by atoms with Crippen LogP contribution in [0.1, 0.15) is 29.6 Å². The normalized spacial score (nSPS) is 16.1. The van der Waals surface area contributed by atoms with Crippen LogP contribution < -0.4 is 10.1 Å². The highest BCUT2D eigenvalue weighted by Crippen LogP contribution is 2.17. The van der Waals surface area contributed by atoms with Crippen molar-refractivity contribution in [1.29, 1.82) is 0 Å². The zero-order chi connectivity index (χ0) is 13.5. The van der Waals surface area contributed by atoms with Crippen molar-refractivity contribution in [3.8, 4) is 5.75 Å². The van der Waals surface area contributed by atoms with Crippen molar-refractivity contribution in [1.82, 2.24) is 5.32 Å². The summed E-state index contributed by atoms with van der Waals surface area (Å²) >= 11 is 0. The van der Waals surface area contributed by atoms with Crippen molar-refractivity contribution < 1.29 is 14.3 Å². The summed E-state index contributed by atoms with van der Waals surface area (Å²) in [6.07, 6.45) is 3.25. The molecule has 1 aliphatic rings. The fourth-order valence-electron chi connectivity index (χ4n) is 2.27. The number of ether oxygens (including phenoxy) is 2. The number of carbonyl (C=O) groups excluding carboxylic acids is 1. The Labute approximate surface area is 114 Å². The number of hydrogen-bond acceptors (Lipinski definition) is 3. The lowest BCUT2D eigenvalue weighted by Crippen LogP contribution is -2.27. The summed E-state index contributed by atoms with van der Waals surface area (Å²) in [6.45, 7) is 2.45. The van der Waals surface area contributed by atoms with Gasteiger partial charge in [-0.25, -0.2) is 0 Å². The van der Waals surface area contributed by atoms with Gasteiger partial charge in [0, 0.05) is 25.3 Å². The quantitative estimate of drug-likeness (QED) is 0.886. The van der Waals surface area contributed by atoms with Gasteiger partial charge < -0.3 is 14.8 Å². The van der Waals surface area contributed by atoms with Crippen LogP contribution in [0, 0.1) is 5.92 Å². The molecule has 0 unspecified atom stereocenters. The Hall–Kier alpha value is -1.55. The van der Waals surface area contributed by atoms with Gasteiger partial charge in [0.15, 0.2) is 0 Å². The molecule has 1 heterocycles. The summed E-state index contributed by atoms with van der Waals surface area (Å²) < 4.78 is 10.4. The molecule has 4 nitrogen and oxygen atoms in total. The number of benzene rings is 1. The molecule has 1 N–H and O–H groups in total. The van der Waals surface area contributed by atoms with Gasteiger partial charge in [-0.05, 0) is 49.4 Å². The smallest absolute Gasteiger partial charge is 0.251 e. The van der Waals surface area contributed by atoms with Crippen LogP contribution in [0.5, 0.6) is 5.75 Å². The summed E-state index contributed by atoms with van der Waals surface area (Å²) in [6, 6.07) is 7.16. The zero-order valence-electron chi connectivity index (χ0n) is 11.4. The predicted molar refractivity (Wildman–Crippen MR) is 73.5 cm³/mol. The molecular weight excluding hydrogens is 242 g/mol. The van der Waals surface area contributed by atoms with E-state index in [1.165, 1.54) is 0 Å². The van der Waals surface area contributed by atoms with Crippen LogP contribution in [0.3, 0.4) is 0 Å². The molecule has 1 aromatic carbocycles. The molecular formula is C15H21NO3. The molecule has 1 amide bonds. The Kier molecular flexibility index (Phi) is 5.21. The van der Waals surface area contributed by atoms with E-state index in [0.717, 1.165) is 44.8 Å². The molecule has 0 saturated carbocycles. The average Bonchev–Trinajstić information content (AvgIpc) is 2.48. The lowest BCUT2D eigenvalue weighted by molar-refractivity contribution is 0.0636. The molecule has 1 aromatic rings. The first kappa shape index (κ1) is 13.9. The number of amides is 1. The van der Waals surface area contributed by atoms with Gasteiger partial charge in [-0.1, -0.05) is 0 Å². The number of nitrogens with one attached hydrogen (secondary N) is 1. The van der Waals surface area contributed by atoms with Crippen LogP contribution in [-0.4, -0.2) is 32.8 Å². The van der Waals surface area contributed by atoms with Crippen molar-refractivity contribution in [3.63, 3.8) is 0 Å². The molecule has 104 valence electrons. The highest BCUT2D eigenvalue weighted by Gasteiger charge is 2.14.